The second kappa shape index (κ2) is 6.87. The number of sulfonamides is 1. The predicted molar refractivity (Wildman–Crippen MR) is 66.8 cm³/mol. The van der Waals surface area contributed by atoms with Gasteiger partial charge in [0.25, 0.3) is 0 Å². The fourth-order valence-electron chi connectivity index (χ4n) is 1.17. The van der Waals surface area contributed by atoms with Crippen molar-refractivity contribution in [3.8, 4) is 5.75 Å². The summed E-state index contributed by atoms with van der Waals surface area (Å²) in [4.78, 5) is 21.1. The summed E-state index contributed by atoms with van der Waals surface area (Å²) >= 11 is 0. The molecule has 0 spiro atoms. The van der Waals surface area contributed by atoms with Crippen LogP contribution < -0.4 is 9.46 Å². The lowest BCUT2D eigenvalue weighted by molar-refractivity contribution is -0.140. The number of esters is 1. The van der Waals surface area contributed by atoms with Gasteiger partial charge >= 0.3 is 11.9 Å². The zero-order valence-electron chi connectivity index (χ0n) is 10.5. The summed E-state index contributed by atoms with van der Waals surface area (Å²) in [7, 11) is -2.69. The van der Waals surface area contributed by atoms with Crippen molar-refractivity contribution in [3.05, 3.63) is 24.3 Å². The maximum Gasteiger partial charge on any atom is 0.341 e. The molecular weight excluding hydrogens is 290 g/mol. The van der Waals surface area contributed by atoms with Gasteiger partial charge in [-0.15, -0.1) is 0 Å². The molecule has 0 saturated carbocycles. The summed E-state index contributed by atoms with van der Waals surface area (Å²) in [5.74, 6) is -1.63. The highest BCUT2D eigenvalue weighted by Gasteiger charge is 2.15. The summed E-state index contributed by atoms with van der Waals surface area (Å²) in [5, 5.41) is 8.43. The normalized spacial score (nSPS) is 10.8. The lowest BCUT2D eigenvalue weighted by Gasteiger charge is -2.07. The maximum absolute atomic E-state index is 11.8. The second-order valence-electron chi connectivity index (χ2n) is 3.55. The summed E-state index contributed by atoms with van der Waals surface area (Å²) in [5.41, 5.74) is 0. The largest absolute Gasteiger partial charge is 0.482 e. The van der Waals surface area contributed by atoms with E-state index >= 15 is 0 Å². The van der Waals surface area contributed by atoms with Gasteiger partial charge in [0.15, 0.2) is 6.61 Å². The number of hydrogen-bond donors (Lipinski definition) is 2. The predicted octanol–water partition coefficient (Wildman–Crippen LogP) is -0.399. The van der Waals surface area contributed by atoms with E-state index in [1.54, 1.807) is 0 Å². The molecule has 20 heavy (non-hydrogen) atoms. The molecule has 0 bridgehead atoms. The van der Waals surface area contributed by atoms with Gasteiger partial charge in [-0.3, -0.25) is 4.79 Å². The van der Waals surface area contributed by atoms with Gasteiger partial charge in [-0.1, -0.05) is 0 Å². The van der Waals surface area contributed by atoms with Crippen molar-refractivity contribution in [2.24, 2.45) is 0 Å². The second-order valence-corrected chi connectivity index (χ2v) is 5.32. The van der Waals surface area contributed by atoms with E-state index in [-0.39, 0.29) is 10.6 Å². The monoisotopic (exact) mass is 303 g/mol. The molecule has 2 N–H and O–H groups in total. The first-order valence-corrected chi connectivity index (χ1v) is 6.84. The first-order chi connectivity index (χ1) is 9.35. The molecule has 1 aromatic carbocycles. The van der Waals surface area contributed by atoms with Crippen LogP contribution in [0, 0.1) is 0 Å². The van der Waals surface area contributed by atoms with Gasteiger partial charge in [0.1, 0.15) is 12.3 Å². The van der Waals surface area contributed by atoms with Crippen molar-refractivity contribution >= 4 is 22.0 Å². The molecule has 0 fully saturated rings. The smallest absolute Gasteiger partial charge is 0.341 e. The minimum Gasteiger partial charge on any atom is -0.482 e. The van der Waals surface area contributed by atoms with Crippen LogP contribution in [0.3, 0.4) is 0 Å². The van der Waals surface area contributed by atoms with E-state index in [1.165, 1.54) is 24.3 Å². The molecule has 0 aliphatic heterocycles. The van der Waals surface area contributed by atoms with Crippen molar-refractivity contribution in [2.75, 3.05) is 20.3 Å². The number of carbonyl (C=O) groups is 2. The topological polar surface area (TPSA) is 119 Å². The van der Waals surface area contributed by atoms with E-state index in [9.17, 15) is 18.0 Å². The molecule has 0 atom stereocenters. The molecule has 9 heteroatoms. The number of methoxy groups -OCH3 is 1. The zero-order chi connectivity index (χ0) is 15.2. The molecule has 0 radical (unpaired) electrons. The van der Waals surface area contributed by atoms with E-state index in [4.69, 9.17) is 9.84 Å². The van der Waals surface area contributed by atoms with Crippen LogP contribution in [0.15, 0.2) is 29.2 Å². The van der Waals surface area contributed by atoms with Crippen molar-refractivity contribution < 1.29 is 32.6 Å². The Balaban J connectivity index is 2.71. The van der Waals surface area contributed by atoms with Crippen molar-refractivity contribution in [1.29, 1.82) is 0 Å². The SMILES string of the molecule is COC(=O)CNS(=O)(=O)c1ccc(OCC(=O)O)cc1. The average molecular weight is 303 g/mol. The highest BCUT2D eigenvalue weighted by atomic mass is 32.2. The number of benzene rings is 1. The van der Waals surface area contributed by atoms with Crippen molar-refractivity contribution in [2.45, 2.75) is 4.90 Å². The van der Waals surface area contributed by atoms with E-state index < -0.39 is 35.1 Å². The highest BCUT2D eigenvalue weighted by Crippen LogP contribution is 2.15. The van der Waals surface area contributed by atoms with Crippen LogP contribution in [-0.2, 0) is 24.3 Å². The first kappa shape index (κ1) is 15.9. The van der Waals surface area contributed by atoms with Gasteiger partial charge in [-0.2, -0.15) is 4.72 Å². The summed E-state index contributed by atoms with van der Waals surface area (Å²) in [6.45, 7) is -0.997. The van der Waals surface area contributed by atoms with Gasteiger partial charge in [0, 0.05) is 0 Å². The Labute approximate surface area is 115 Å². The number of carboxylic acid groups (broad SMARTS) is 1. The minimum absolute atomic E-state index is 0.0796. The van der Waals surface area contributed by atoms with Crippen LogP contribution in [0.1, 0.15) is 0 Å². The number of carboxylic acids is 1. The molecule has 1 rings (SSSR count). The third-order valence-electron chi connectivity index (χ3n) is 2.13. The average Bonchev–Trinajstić information content (AvgIpc) is 2.43. The first-order valence-electron chi connectivity index (χ1n) is 5.36. The van der Waals surface area contributed by atoms with Crippen molar-refractivity contribution in [3.63, 3.8) is 0 Å². The van der Waals surface area contributed by atoms with E-state index in [0.29, 0.717) is 0 Å². The fourth-order valence-corrected chi connectivity index (χ4v) is 2.14. The van der Waals surface area contributed by atoms with Crippen LogP contribution in [0.2, 0.25) is 0 Å². The minimum atomic E-state index is -3.84. The molecule has 0 amide bonds. The lowest BCUT2D eigenvalue weighted by atomic mass is 10.3. The molecule has 0 aliphatic carbocycles. The van der Waals surface area contributed by atoms with Gasteiger partial charge in [-0.25, -0.2) is 13.2 Å². The molecular formula is C11H13NO7S. The zero-order valence-corrected chi connectivity index (χ0v) is 11.3. The summed E-state index contributed by atoms with van der Waals surface area (Å²) in [6.07, 6.45) is 0. The molecule has 8 nitrogen and oxygen atoms in total. The molecule has 0 saturated heterocycles. The number of hydrogen-bond acceptors (Lipinski definition) is 6. The van der Waals surface area contributed by atoms with E-state index in [2.05, 4.69) is 9.46 Å². The third kappa shape index (κ3) is 4.86. The third-order valence-corrected chi connectivity index (χ3v) is 3.55. The van der Waals surface area contributed by atoms with Crippen LogP contribution in [0.25, 0.3) is 0 Å². The maximum atomic E-state index is 11.8. The Bertz CT molecular complexity index is 579. The van der Waals surface area contributed by atoms with Crippen LogP contribution in [0.4, 0.5) is 0 Å². The molecule has 0 aliphatic rings. The number of carbonyl (C=O) groups excluding carboxylic acids is 1. The molecule has 110 valence electrons. The Hall–Kier alpha value is -2.13. The van der Waals surface area contributed by atoms with Gasteiger partial charge in [0.2, 0.25) is 10.0 Å². The van der Waals surface area contributed by atoms with E-state index in [1.807, 2.05) is 0 Å². The summed E-state index contributed by atoms with van der Waals surface area (Å²) in [6, 6.07) is 5.10. The molecule has 1 aromatic rings. The Morgan fingerprint density at radius 3 is 2.35 bits per heavy atom. The quantitative estimate of drug-likeness (QED) is 0.658. The van der Waals surface area contributed by atoms with Crippen LogP contribution in [-0.4, -0.2) is 45.7 Å². The molecule has 0 unspecified atom stereocenters. The Kier molecular flexibility index (Phi) is 5.47. The number of aliphatic carboxylic acids is 1. The van der Waals surface area contributed by atoms with Gasteiger partial charge < -0.3 is 14.6 Å². The summed E-state index contributed by atoms with van der Waals surface area (Å²) < 4.78 is 34.8. The number of rotatable bonds is 7. The van der Waals surface area contributed by atoms with Crippen LogP contribution in [0.5, 0.6) is 5.75 Å². The number of ether oxygens (including phenoxy) is 2. The Morgan fingerprint density at radius 1 is 1.25 bits per heavy atom. The van der Waals surface area contributed by atoms with Crippen LogP contribution >= 0.6 is 0 Å². The Morgan fingerprint density at radius 2 is 1.85 bits per heavy atom. The fraction of sp³-hybridized carbons (Fsp3) is 0.273. The van der Waals surface area contributed by atoms with E-state index in [0.717, 1.165) is 7.11 Å². The van der Waals surface area contributed by atoms with Gasteiger partial charge in [0.05, 0.1) is 12.0 Å². The van der Waals surface area contributed by atoms with Gasteiger partial charge in [-0.05, 0) is 24.3 Å². The lowest BCUT2D eigenvalue weighted by Crippen LogP contribution is -2.30. The molecule has 0 aromatic heterocycles. The van der Waals surface area contributed by atoms with Crippen molar-refractivity contribution in [1.82, 2.24) is 4.72 Å². The standard InChI is InChI=1S/C11H13NO7S/c1-18-11(15)6-12-20(16,17)9-4-2-8(3-5-9)19-7-10(13)14/h2-5,12H,6-7H2,1H3,(H,13,14). The number of nitrogens with one attached hydrogen (secondary N) is 1. The molecule has 0 heterocycles. The highest BCUT2D eigenvalue weighted by molar-refractivity contribution is 7.89.